The van der Waals surface area contributed by atoms with E-state index in [0.29, 0.717) is 46.9 Å². The van der Waals surface area contributed by atoms with Crippen LogP contribution in [0.5, 0.6) is 17.4 Å². The molecule has 2 heterocycles. The maximum absolute atomic E-state index is 12.4. The molecular formula is C18H19ClN2O4. The van der Waals surface area contributed by atoms with E-state index in [0.717, 1.165) is 6.42 Å². The van der Waals surface area contributed by atoms with Crippen molar-refractivity contribution in [1.29, 1.82) is 0 Å². The zero-order valence-electron chi connectivity index (χ0n) is 14.0. The first-order valence-electron chi connectivity index (χ1n) is 8.06. The lowest BCUT2D eigenvalue weighted by Crippen LogP contribution is -2.13. The van der Waals surface area contributed by atoms with Crippen LogP contribution < -0.4 is 19.5 Å². The molecule has 0 bridgehead atoms. The molecule has 0 unspecified atom stereocenters. The lowest BCUT2D eigenvalue weighted by atomic mass is 10.2. The van der Waals surface area contributed by atoms with Crippen molar-refractivity contribution in [1.82, 2.24) is 4.98 Å². The summed E-state index contributed by atoms with van der Waals surface area (Å²) in [6.07, 6.45) is 2.21. The third-order valence-corrected chi connectivity index (χ3v) is 3.69. The van der Waals surface area contributed by atoms with Crippen LogP contribution in [-0.2, 0) is 0 Å². The monoisotopic (exact) mass is 362 g/mol. The lowest BCUT2D eigenvalue weighted by molar-refractivity contribution is 0.102. The highest BCUT2D eigenvalue weighted by Gasteiger charge is 2.15. The average Bonchev–Trinajstić information content (AvgIpc) is 2.81. The molecular weight excluding hydrogens is 344 g/mol. The third-order valence-electron chi connectivity index (χ3n) is 3.42. The van der Waals surface area contributed by atoms with Crippen molar-refractivity contribution in [2.75, 3.05) is 18.5 Å². The Morgan fingerprint density at radius 3 is 2.72 bits per heavy atom. The fraction of sp³-hybridized carbons (Fsp3) is 0.333. The number of halogens is 1. The van der Waals surface area contributed by atoms with Crippen molar-refractivity contribution in [3.8, 4) is 17.4 Å². The third kappa shape index (κ3) is 4.33. The van der Waals surface area contributed by atoms with E-state index in [2.05, 4.69) is 10.3 Å². The van der Waals surface area contributed by atoms with Crippen LogP contribution in [0.2, 0.25) is 5.02 Å². The Morgan fingerprint density at radius 2 is 2.00 bits per heavy atom. The number of amides is 1. The molecule has 1 N–H and O–H groups in total. The number of rotatable bonds is 4. The van der Waals surface area contributed by atoms with Gasteiger partial charge in [-0.2, -0.15) is 0 Å². The van der Waals surface area contributed by atoms with Gasteiger partial charge in [-0.3, -0.25) is 4.79 Å². The molecule has 1 aliphatic rings. The van der Waals surface area contributed by atoms with E-state index in [4.69, 9.17) is 25.8 Å². The maximum Gasteiger partial charge on any atom is 0.257 e. The summed E-state index contributed by atoms with van der Waals surface area (Å²) in [6.45, 7) is 4.96. The number of carbonyl (C=O) groups excluding carboxylic acids is 1. The van der Waals surface area contributed by atoms with Gasteiger partial charge in [-0.25, -0.2) is 4.98 Å². The SMILES string of the molecule is CC(C)Oc1ncc(C(=O)Nc2ccc3c(c2)OCCCO3)cc1Cl. The van der Waals surface area contributed by atoms with Gasteiger partial charge in [-0.15, -0.1) is 0 Å². The maximum atomic E-state index is 12.4. The molecule has 2 aromatic rings. The molecule has 0 saturated carbocycles. The van der Waals surface area contributed by atoms with Crippen molar-refractivity contribution >= 4 is 23.2 Å². The molecule has 0 saturated heterocycles. The predicted molar refractivity (Wildman–Crippen MR) is 95.0 cm³/mol. The van der Waals surface area contributed by atoms with Gasteiger partial charge in [0.1, 0.15) is 5.02 Å². The lowest BCUT2D eigenvalue weighted by Gasteiger charge is -2.12. The zero-order valence-corrected chi connectivity index (χ0v) is 14.8. The Morgan fingerprint density at radius 1 is 1.24 bits per heavy atom. The number of anilines is 1. The number of nitrogens with zero attached hydrogens (tertiary/aromatic N) is 1. The van der Waals surface area contributed by atoms with Gasteiger partial charge in [0.05, 0.1) is 24.9 Å². The normalized spacial score (nSPS) is 13.3. The van der Waals surface area contributed by atoms with Gasteiger partial charge in [-0.05, 0) is 32.0 Å². The van der Waals surface area contributed by atoms with Crippen molar-refractivity contribution < 1.29 is 19.0 Å². The molecule has 0 aliphatic carbocycles. The molecule has 0 spiro atoms. The molecule has 6 nitrogen and oxygen atoms in total. The summed E-state index contributed by atoms with van der Waals surface area (Å²) in [6, 6.07) is 6.81. The standard InChI is InChI=1S/C18H19ClN2O4/c1-11(2)25-18-14(19)8-12(10-20-18)17(22)21-13-4-5-15-16(9-13)24-7-3-6-23-15/h4-5,8-11H,3,6-7H2,1-2H3,(H,21,22). The van der Waals surface area contributed by atoms with Gasteiger partial charge >= 0.3 is 0 Å². The molecule has 1 aromatic carbocycles. The van der Waals surface area contributed by atoms with Gasteiger partial charge in [0.2, 0.25) is 5.88 Å². The van der Waals surface area contributed by atoms with E-state index in [9.17, 15) is 4.79 Å². The number of ether oxygens (including phenoxy) is 3. The van der Waals surface area contributed by atoms with Gasteiger partial charge in [-0.1, -0.05) is 11.6 Å². The Kier molecular flexibility index (Phi) is 5.28. The summed E-state index contributed by atoms with van der Waals surface area (Å²) in [7, 11) is 0. The van der Waals surface area contributed by atoms with Gasteiger partial charge in [0.25, 0.3) is 5.91 Å². The highest BCUT2D eigenvalue weighted by atomic mass is 35.5. The van der Waals surface area contributed by atoms with E-state index in [1.807, 2.05) is 13.8 Å². The highest BCUT2D eigenvalue weighted by Crippen LogP contribution is 2.32. The molecule has 1 amide bonds. The van der Waals surface area contributed by atoms with E-state index in [1.54, 1.807) is 18.2 Å². The molecule has 132 valence electrons. The number of hydrogen-bond acceptors (Lipinski definition) is 5. The van der Waals surface area contributed by atoms with Crippen LogP contribution in [0, 0.1) is 0 Å². The Balaban J connectivity index is 1.74. The van der Waals surface area contributed by atoms with Crippen molar-refractivity contribution in [3.63, 3.8) is 0 Å². The molecule has 0 atom stereocenters. The molecule has 1 aromatic heterocycles. The van der Waals surface area contributed by atoms with E-state index < -0.39 is 0 Å². The van der Waals surface area contributed by atoms with Gasteiger partial charge < -0.3 is 19.5 Å². The fourth-order valence-electron chi connectivity index (χ4n) is 2.30. The number of hydrogen-bond donors (Lipinski definition) is 1. The Hall–Kier alpha value is -2.47. The number of benzene rings is 1. The second-order valence-electron chi connectivity index (χ2n) is 5.84. The number of aromatic nitrogens is 1. The molecule has 3 rings (SSSR count). The van der Waals surface area contributed by atoms with E-state index in [-0.39, 0.29) is 12.0 Å². The van der Waals surface area contributed by atoms with Crippen LogP contribution in [-0.4, -0.2) is 30.2 Å². The Bertz CT molecular complexity index is 780. The first kappa shape index (κ1) is 17.4. The van der Waals surface area contributed by atoms with Crippen molar-refractivity contribution in [2.24, 2.45) is 0 Å². The second-order valence-corrected chi connectivity index (χ2v) is 6.25. The zero-order chi connectivity index (χ0) is 17.8. The predicted octanol–water partition coefficient (Wildman–Crippen LogP) is 3.94. The Labute approximate surface area is 151 Å². The van der Waals surface area contributed by atoms with Crippen LogP contribution in [0.4, 0.5) is 5.69 Å². The summed E-state index contributed by atoms with van der Waals surface area (Å²) in [5, 5.41) is 3.09. The van der Waals surface area contributed by atoms with Crippen LogP contribution in [0.3, 0.4) is 0 Å². The minimum absolute atomic E-state index is 0.0496. The van der Waals surface area contributed by atoms with Crippen LogP contribution in [0.25, 0.3) is 0 Å². The summed E-state index contributed by atoms with van der Waals surface area (Å²) < 4.78 is 16.7. The van der Waals surface area contributed by atoms with Crippen LogP contribution in [0.15, 0.2) is 30.5 Å². The number of carbonyl (C=O) groups is 1. The average molecular weight is 363 g/mol. The highest BCUT2D eigenvalue weighted by molar-refractivity contribution is 6.32. The smallest absolute Gasteiger partial charge is 0.257 e. The number of pyridine rings is 1. The largest absolute Gasteiger partial charge is 0.490 e. The summed E-state index contributed by atoms with van der Waals surface area (Å²) in [5.41, 5.74) is 0.945. The minimum atomic E-state index is -0.319. The summed E-state index contributed by atoms with van der Waals surface area (Å²) >= 11 is 6.13. The molecule has 0 fully saturated rings. The quantitative estimate of drug-likeness (QED) is 0.892. The van der Waals surface area contributed by atoms with E-state index >= 15 is 0 Å². The van der Waals surface area contributed by atoms with Crippen LogP contribution >= 0.6 is 11.6 Å². The number of nitrogens with one attached hydrogen (secondary N) is 1. The van der Waals surface area contributed by atoms with Crippen LogP contribution in [0.1, 0.15) is 30.6 Å². The minimum Gasteiger partial charge on any atom is -0.490 e. The summed E-state index contributed by atoms with van der Waals surface area (Å²) in [5.74, 6) is 1.28. The van der Waals surface area contributed by atoms with Gasteiger partial charge in [0, 0.05) is 24.4 Å². The fourth-order valence-corrected chi connectivity index (χ4v) is 2.51. The first-order valence-corrected chi connectivity index (χ1v) is 8.44. The molecule has 0 radical (unpaired) electrons. The second kappa shape index (κ2) is 7.61. The molecule has 1 aliphatic heterocycles. The topological polar surface area (TPSA) is 69.7 Å². The van der Waals surface area contributed by atoms with Crippen molar-refractivity contribution in [2.45, 2.75) is 26.4 Å². The van der Waals surface area contributed by atoms with Crippen molar-refractivity contribution in [3.05, 3.63) is 41.0 Å². The molecule has 7 heteroatoms. The van der Waals surface area contributed by atoms with Gasteiger partial charge in [0.15, 0.2) is 11.5 Å². The molecule has 25 heavy (non-hydrogen) atoms. The summed E-state index contributed by atoms with van der Waals surface area (Å²) in [4.78, 5) is 16.5. The number of fused-ring (bicyclic) bond motifs is 1. The first-order chi connectivity index (χ1) is 12.0. The van der Waals surface area contributed by atoms with E-state index in [1.165, 1.54) is 12.3 Å².